The SMILES string of the molecule is C#CC(C)(C)NCc1c(Cl)cccc1OC. The molecule has 0 atom stereocenters. The molecule has 16 heavy (non-hydrogen) atoms. The molecule has 1 N–H and O–H groups in total. The molecule has 0 aliphatic rings. The highest BCUT2D eigenvalue weighted by Crippen LogP contribution is 2.26. The zero-order valence-electron chi connectivity index (χ0n) is 9.80. The third kappa shape index (κ3) is 3.16. The molecule has 0 amide bonds. The Labute approximate surface area is 102 Å². The molecule has 2 nitrogen and oxygen atoms in total. The maximum Gasteiger partial charge on any atom is 0.124 e. The fourth-order valence-corrected chi connectivity index (χ4v) is 1.49. The second kappa shape index (κ2) is 5.25. The van der Waals surface area contributed by atoms with Crippen molar-refractivity contribution in [2.45, 2.75) is 25.9 Å². The van der Waals surface area contributed by atoms with Crippen LogP contribution >= 0.6 is 11.6 Å². The number of nitrogens with one attached hydrogen (secondary N) is 1. The molecule has 1 rings (SSSR count). The molecule has 0 aromatic heterocycles. The average Bonchev–Trinajstić information content (AvgIpc) is 2.27. The van der Waals surface area contributed by atoms with Gasteiger partial charge in [-0.3, -0.25) is 5.32 Å². The molecule has 0 fully saturated rings. The number of hydrogen-bond donors (Lipinski definition) is 1. The van der Waals surface area contributed by atoms with Gasteiger partial charge >= 0.3 is 0 Å². The van der Waals surface area contributed by atoms with Crippen LogP contribution in [0.5, 0.6) is 5.75 Å². The second-order valence-corrected chi connectivity index (χ2v) is 4.45. The summed E-state index contributed by atoms with van der Waals surface area (Å²) in [5.41, 5.74) is 0.569. The van der Waals surface area contributed by atoms with Crippen LogP contribution in [0.3, 0.4) is 0 Å². The molecule has 0 aliphatic heterocycles. The van der Waals surface area contributed by atoms with Gasteiger partial charge in [-0.15, -0.1) is 6.42 Å². The lowest BCUT2D eigenvalue weighted by molar-refractivity contribution is 0.403. The Bertz CT molecular complexity index is 407. The smallest absolute Gasteiger partial charge is 0.124 e. The predicted molar refractivity (Wildman–Crippen MR) is 67.8 cm³/mol. The molecule has 1 aromatic carbocycles. The molecular formula is C13H16ClNO. The summed E-state index contributed by atoms with van der Waals surface area (Å²) in [6, 6.07) is 5.58. The fraction of sp³-hybridized carbons (Fsp3) is 0.385. The summed E-state index contributed by atoms with van der Waals surface area (Å²) >= 11 is 6.11. The van der Waals surface area contributed by atoms with Crippen molar-refractivity contribution in [2.24, 2.45) is 0 Å². The first-order chi connectivity index (χ1) is 7.50. The highest BCUT2D eigenvalue weighted by molar-refractivity contribution is 6.31. The van der Waals surface area contributed by atoms with E-state index in [1.165, 1.54) is 0 Å². The van der Waals surface area contributed by atoms with Crippen molar-refractivity contribution < 1.29 is 4.74 Å². The van der Waals surface area contributed by atoms with Gasteiger partial charge < -0.3 is 4.74 Å². The van der Waals surface area contributed by atoms with E-state index in [1.54, 1.807) is 7.11 Å². The molecule has 1 aromatic rings. The van der Waals surface area contributed by atoms with Gasteiger partial charge in [0.25, 0.3) is 0 Å². The summed E-state index contributed by atoms with van der Waals surface area (Å²) in [5.74, 6) is 3.44. The Morgan fingerprint density at radius 2 is 2.19 bits per heavy atom. The molecule has 3 heteroatoms. The summed E-state index contributed by atoms with van der Waals surface area (Å²) in [4.78, 5) is 0. The Kier molecular flexibility index (Phi) is 4.23. The largest absolute Gasteiger partial charge is 0.496 e. The van der Waals surface area contributed by atoms with E-state index in [-0.39, 0.29) is 5.54 Å². The van der Waals surface area contributed by atoms with Gasteiger partial charge in [0.15, 0.2) is 0 Å². The van der Waals surface area contributed by atoms with Gasteiger partial charge in [-0.2, -0.15) is 0 Å². The minimum absolute atomic E-state index is 0.357. The molecular weight excluding hydrogens is 222 g/mol. The van der Waals surface area contributed by atoms with E-state index in [0.29, 0.717) is 11.6 Å². The zero-order valence-corrected chi connectivity index (χ0v) is 10.6. The summed E-state index contributed by atoms with van der Waals surface area (Å²) < 4.78 is 5.25. The number of hydrogen-bond acceptors (Lipinski definition) is 2. The van der Waals surface area contributed by atoms with Gasteiger partial charge in [0.05, 0.1) is 12.6 Å². The first kappa shape index (κ1) is 12.9. The Morgan fingerprint density at radius 1 is 1.50 bits per heavy atom. The fourth-order valence-electron chi connectivity index (χ4n) is 1.26. The monoisotopic (exact) mass is 237 g/mol. The maximum atomic E-state index is 6.11. The van der Waals surface area contributed by atoms with Crippen molar-refractivity contribution in [3.8, 4) is 18.1 Å². The highest BCUT2D eigenvalue weighted by atomic mass is 35.5. The quantitative estimate of drug-likeness (QED) is 0.814. The summed E-state index contributed by atoms with van der Waals surface area (Å²) in [6.45, 7) is 4.46. The van der Waals surface area contributed by atoms with Crippen LogP contribution in [0.1, 0.15) is 19.4 Å². The maximum absolute atomic E-state index is 6.11. The van der Waals surface area contributed by atoms with Crippen LogP contribution < -0.4 is 10.1 Å². The predicted octanol–water partition coefficient (Wildman–Crippen LogP) is 2.85. The molecule has 0 heterocycles. The van der Waals surface area contributed by atoms with Crippen LogP contribution in [-0.2, 0) is 6.54 Å². The molecule has 0 saturated carbocycles. The van der Waals surface area contributed by atoms with Crippen molar-refractivity contribution >= 4 is 11.6 Å². The van der Waals surface area contributed by atoms with Crippen LogP contribution in [0.2, 0.25) is 5.02 Å². The van der Waals surface area contributed by atoms with Gasteiger partial charge in [0, 0.05) is 17.1 Å². The lowest BCUT2D eigenvalue weighted by Gasteiger charge is -2.21. The van der Waals surface area contributed by atoms with Crippen LogP contribution in [0.25, 0.3) is 0 Å². The van der Waals surface area contributed by atoms with E-state index in [0.717, 1.165) is 11.3 Å². The summed E-state index contributed by atoms with van der Waals surface area (Å²) in [5, 5.41) is 3.92. The van der Waals surface area contributed by atoms with Crippen molar-refractivity contribution in [1.29, 1.82) is 0 Å². The van der Waals surface area contributed by atoms with Crippen LogP contribution in [0, 0.1) is 12.3 Å². The van der Waals surface area contributed by atoms with Crippen LogP contribution in [-0.4, -0.2) is 12.6 Å². The Hall–Kier alpha value is -1.17. The molecule has 0 saturated heterocycles. The van der Waals surface area contributed by atoms with Crippen molar-refractivity contribution in [2.75, 3.05) is 7.11 Å². The third-order valence-corrected chi connectivity index (χ3v) is 2.72. The van der Waals surface area contributed by atoms with Gasteiger partial charge in [-0.05, 0) is 26.0 Å². The molecule has 0 unspecified atom stereocenters. The number of rotatable bonds is 4. The summed E-state index contributed by atoms with van der Waals surface area (Å²) in [7, 11) is 1.63. The molecule has 0 radical (unpaired) electrons. The van der Waals surface area contributed by atoms with Crippen molar-refractivity contribution in [3.05, 3.63) is 28.8 Å². The Morgan fingerprint density at radius 3 is 2.75 bits per heavy atom. The van der Waals surface area contributed by atoms with Gasteiger partial charge in [-0.25, -0.2) is 0 Å². The van der Waals surface area contributed by atoms with Gasteiger partial charge in [0.2, 0.25) is 0 Å². The zero-order chi connectivity index (χ0) is 12.2. The van der Waals surface area contributed by atoms with E-state index in [4.69, 9.17) is 22.8 Å². The average molecular weight is 238 g/mol. The lowest BCUT2D eigenvalue weighted by Crippen LogP contribution is -2.37. The number of ether oxygens (including phenoxy) is 1. The topological polar surface area (TPSA) is 21.3 Å². The number of halogens is 1. The van der Waals surface area contributed by atoms with E-state index >= 15 is 0 Å². The van der Waals surface area contributed by atoms with Gasteiger partial charge in [0.1, 0.15) is 5.75 Å². The van der Waals surface area contributed by atoms with E-state index in [2.05, 4.69) is 11.2 Å². The van der Waals surface area contributed by atoms with Crippen molar-refractivity contribution in [1.82, 2.24) is 5.32 Å². The first-order valence-corrected chi connectivity index (χ1v) is 5.42. The molecule has 86 valence electrons. The van der Waals surface area contributed by atoms with E-state index in [9.17, 15) is 0 Å². The first-order valence-electron chi connectivity index (χ1n) is 5.04. The number of methoxy groups -OCH3 is 1. The third-order valence-electron chi connectivity index (χ3n) is 2.36. The molecule has 0 bridgehead atoms. The highest BCUT2D eigenvalue weighted by Gasteiger charge is 2.15. The van der Waals surface area contributed by atoms with Crippen LogP contribution in [0.15, 0.2) is 18.2 Å². The second-order valence-electron chi connectivity index (χ2n) is 4.04. The minimum atomic E-state index is -0.357. The number of benzene rings is 1. The minimum Gasteiger partial charge on any atom is -0.496 e. The number of terminal acetylenes is 1. The molecule has 0 spiro atoms. The summed E-state index contributed by atoms with van der Waals surface area (Å²) in [6.07, 6.45) is 5.40. The molecule has 0 aliphatic carbocycles. The Balaban J connectivity index is 2.86. The van der Waals surface area contributed by atoms with Crippen LogP contribution in [0.4, 0.5) is 0 Å². The lowest BCUT2D eigenvalue weighted by atomic mass is 10.1. The van der Waals surface area contributed by atoms with E-state index < -0.39 is 0 Å². The standard InChI is InChI=1S/C13H16ClNO/c1-5-13(2,3)15-9-10-11(14)7-6-8-12(10)16-4/h1,6-8,15H,9H2,2-4H3. The van der Waals surface area contributed by atoms with Gasteiger partial charge in [-0.1, -0.05) is 23.6 Å². The van der Waals surface area contributed by atoms with E-state index in [1.807, 2.05) is 32.0 Å². The van der Waals surface area contributed by atoms with Crippen molar-refractivity contribution in [3.63, 3.8) is 0 Å². The normalized spacial score (nSPS) is 10.9.